The summed E-state index contributed by atoms with van der Waals surface area (Å²) in [6, 6.07) is 17.9. The molecule has 2 aromatic carbocycles. The molecule has 1 aromatic heterocycles. The Balaban J connectivity index is 1.57. The Labute approximate surface area is 185 Å². The van der Waals surface area contributed by atoms with Crippen molar-refractivity contribution in [2.45, 2.75) is 19.1 Å². The molecule has 0 saturated heterocycles. The third-order valence-electron chi connectivity index (χ3n) is 4.61. The van der Waals surface area contributed by atoms with E-state index in [9.17, 15) is 9.90 Å². The lowest BCUT2D eigenvalue weighted by Gasteiger charge is -2.19. The van der Waals surface area contributed by atoms with Crippen LogP contribution in [0.2, 0.25) is 5.02 Å². The van der Waals surface area contributed by atoms with Gasteiger partial charge in [-0.25, -0.2) is 4.79 Å². The van der Waals surface area contributed by atoms with E-state index in [0.717, 1.165) is 16.8 Å². The van der Waals surface area contributed by atoms with Gasteiger partial charge in [0.2, 0.25) is 0 Å². The van der Waals surface area contributed by atoms with Crippen molar-refractivity contribution in [3.8, 4) is 17.0 Å². The molecule has 0 fully saturated rings. The lowest BCUT2D eigenvalue weighted by Crippen LogP contribution is -2.35. The molecule has 0 bridgehead atoms. The van der Waals surface area contributed by atoms with Crippen molar-refractivity contribution in [2.75, 3.05) is 18.4 Å². The minimum Gasteiger partial charge on any atom is -0.449 e. The van der Waals surface area contributed by atoms with Crippen molar-refractivity contribution in [2.24, 2.45) is 0 Å². The number of nitrogens with one attached hydrogen (secondary N) is 2. The third kappa shape index (κ3) is 6.68. The van der Waals surface area contributed by atoms with Crippen LogP contribution in [0.3, 0.4) is 0 Å². The largest absolute Gasteiger partial charge is 0.511 e. The maximum Gasteiger partial charge on any atom is 0.511 e. The van der Waals surface area contributed by atoms with Gasteiger partial charge in [-0.2, -0.15) is 0 Å². The Morgan fingerprint density at radius 1 is 1.13 bits per heavy atom. The number of carboxylic acid groups (broad SMARTS) is 1. The normalized spacial score (nSPS) is 12.7. The van der Waals surface area contributed by atoms with E-state index in [1.54, 1.807) is 30.5 Å². The number of aromatic nitrogens is 1. The first-order chi connectivity index (χ1) is 14.9. The monoisotopic (exact) mass is 441 g/mol. The maximum atomic E-state index is 10.9. The number of anilines is 1. The van der Waals surface area contributed by atoms with E-state index >= 15 is 0 Å². The van der Waals surface area contributed by atoms with Gasteiger partial charge in [-0.1, -0.05) is 35.9 Å². The van der Waals surface area contributed by atoms with Crippen LogP contribution < -0.4 is 15.4 Å². The smallest absolute Gasteiger partial charge is 0.449 e. The molecule has 3 aromatic rings. The van der Waals surface area contributed by atoms with Crippen LogP contribution in [-0.4, -0.2) is 40.5 Å². The van der Waals surface area contributed by atoms with E-state index in [2.05, 4.69) is 15.6 Å². The van der Waals surface area contributed by atoms with Crippen LogP contribution in [0.4, 0.5) is 10.5 Å². The first-order valence-corrected chi connectivity index (χ1v) is 10.2. The maximum absolute atomic E-state index is 10.9. The molecule has 0 aliphatic rings. The van der Waals surface area contributed by atoms with Crippen LogP contribution in [0, 0.1) is 0 Å². The van der Waals surface area contributed by atoms with Crippen LogP contribution >= 0.6 is 11.6 Å². The zero-order valence-corrected chi connectivity index (χ0v) is 17.7. The molecule has 0 radical (unpaired) electrons. The summed E-state index contributed by atoms with van der Waals surface area (Å²) >= 11 is 5.98. The molecule has 0 aliphatic carbocycles. The summed E-state index contributed by atoms with van der Waals surface area (Å²) in [5.74, 6) is 0.178. The van der Waals surface area contributed by atoms with Gasteiger partial charge in [0.05, 0.1) is 6.10 Å². The summed E-state index contributed by atoms with van der Waals surface area (Å²) in [7, 11) is 0. The van der Waals surface area contributed by atoms with Crippen molar-refractivity contribution in [1.29, 1.82) is 0 Å². The number of aliphatic hydroxyl groups is 1. The SMILES string of the molecule is C[C@H](CNc1cccc(-c2ncccc2OC(=O)O)c1)NC[C@H](O)c1cccc(Cl)c1. The molecule has 31 heavy (non-hydrogen) atoms. The molecule has 0 aliphatic heterocycles. The number of nitrogens with zero attached hydrogens (tertiary/aromatic N) is 1. The van der Waals surface area contributed by atoms with Gasteiger partial charge in [0.25, 0.3) is 0 Å². The highest BCUT2D eigenvalue weighted by molar-refractivity contribution is 6.30. The van der Waals surface area contributed by atoms with Gasteiger partial charge in [-0.15, -0.1) is 0 Å². The zero-order valence-electron chi connectivity index (χ0n) is 17.0. The van der Waals surface area contributed by atoms with Crippen LogP contribution in [0.5, 0.6) is 5.75 Å². The van der Waals surface area contributed by atoms with Gasteiger partial charge in [0.15, 0.2) is 5.75 Å². The molecule has 0 unspecified atom stereocenters. The fraction of sp³-hybridized carbons (Fsp3) is 0.217. The van der Waals surface area contributed by atoms with Crippen LogP contribution in [0.15, 0.2) is 66.9 Å². The van der Waals surface area contributed by atoms with Gasteiger partial charge in [-0.3, -0.25) is 4.98 Å². The number of carbonyl (C=O) groups is 1. The van der Waals surface area contributed by atoms with Crippen molar-refractivity contribution < 1.29 is 19.7 Å². The molecular weight excluding hydrogens is 418 g/mol. The number of halogens is 1. The highest BCUT2D eigenvalue weighted by Gasteiger charge is 2.12. The molecule has 2 atom stereocenters. The Hall–Kier alpha value is -3.13. The molecule has 7 nitrogen and oxygen atoms in total. The Kier molecular flexibility index (Phi) is 7.83. The average Bonchev–Trinajstić information content (AvgIpc) is 2.76. The first kappa shape index (κ1) is 22.6. The number of rotatable bonds is 9. The minimum atomic E-state index is -1.39. The van der Waals surface area contributed by atoms with E-state index in [4.69, 9.17) is 21.4 Å². The summed E-state index contributed by atoms with van der Waals surface area (Å²) in [6.45, 7) is 3.03. The highest BCUT2D eigenvalue weighted by atomic mass is 35.5. The lowest BCUT2D eigenvalue weighted by atomic mass is 10.1. The topological polar surface area (TPSA) is 104 Å². The van der Waals surface area contributed by atoms with Gasteiger partial charge in [0.1, 0.15) is 5.69 Å². The third-order valence-corrected chi connectivity index (χ3v) is 4.84. The van der Waals surface area contributed by atoms with Crippen molar-refractivity contribution in [3.05, 3.63) is 77.4 Å². The number of benzene rings is 2. The van der Waals surface area contributed by atoms with Crippen LogP contribution in [0.1, 0.15) is 18.6 Å². The average molecular weight is 442 g/mol. The standard InChI is InChI=1S/C23H24ClN3O4/c1-15(26-14-20(28)16-5-2-7-18(24)11-16)13-27-19-8-3-6-17(12-19)22-21(31-23(29)30)9-4-10-25-22/h2-12,15,20,26-28H,13-14H2,1H3,(H,29,30)/t15-,20+/m1/s1. The molecule has 0 amide bonds. The molecule has 0 saturated carbocycles. The quantitative estimate of drug-likeness (QED) is 0.360. The second kappa shape index (κ2) is 10.8. The molecule has 3 rings (SSSR count). The fourth-order valence-electron chi connectivity index (χ4n) is 3.05. The molecule has 162 valence electrons. The minimum absolute atomic E-state index is 0.0817. The predicted octanol–water partition coefficient (Wildman–Crippen LogP) is 4.58. The van der Waals surface area contributed by atoms with Crippen LogP contribution in [0.25, 0.3) is 11.3 Å². The van der Waals surface area contributed by atoms with Crippen LogP contribution in [-0.2, 0) is 0 Å². The summed E-state index contributed by atoms with van der Waals surface area (Å²) < 4.78 is 4.83. The summed E-state index contributed by atoms with van der Waals surface area (Å²) in [4.78, 5) is 15.2. The number of aliphatic hydroxyl groups excluding tert-OH is 1. The van der Waals surface area contributed by atoms with Gasteiger partial charge < -0.3 is 25.6 Å². The predicted molar refractivity (Wildman–Crippen MR) is 121 cm³/mol. The Morgan fingerprint density at radius 2 is 1.94 bits per heavy atom. The second-order valence-electron chi connectivity index (χ2n) is 7.06. The summed E-state index contributed by atoms with van der Waals surface area (Å²) in [6.07, 6.45) is -0.453. The summed E-state index contributed by atoms with van der Waals surface area (Å²) in [5.41, 5.74) is 2.80. The second-order valence-corrected chi connectivity index (χ2v) is 7.50. The molecule has 1 heterocycles. The highest BCUT2D eigenvalue weighted by Crippen LogP contribution is 2.29. The van der Waals surface area contributed by atoms with Gasteiger partial charge in [0, 0.05) is 41.6 Å². The van der Waals surface area contributed by atoms with Gasteiger partial charge >= 0.3 is 6.16 Å². The number of pyridine rings is 1. The summed E-state index contributed by atoms with van der Waals surface area (Å²) in [5, 5.41) is 26.5. The number of hydrogen-bond donors (Lipinski definition) is 4. The zero-order chi connectivity index (χ0) is 22.2. The van der Waals surface area contributed by atoms with Crippen molar-refractivity contribution in [3.63, 3.8) is 0 Å². The van der Waals surface area contributed by atoms with E-state index < -0.39 is 12.3 Å². The number of ether oxygens (including phenoxy) is 1. The lowest BCUT2D eigenvalue weighted by molar-refractivity contribution is 0.144. The molecule has 4 N–H and O–H groups in total. The molecule has 8 heteroatoms. The van der Waals surface area contributed by atoms with E-state index in [-0.39, 0.29) is 11.8 Å². The number of hydrogen-bond acceptors (Lipinski definition) is 6. The fourth-order valence-corrected chi connectivity index (χ4v) is 3.25. The first-order valence-electron chi connectivity index (χ1n) is 9.79. The molecule has 0 spiro atoms. The van der Waals surface area contributed by atoms with E-state index in [1.807, 2.05) is 43.3 Å². The Bertz CT molecular complexity index is 1030. The van der Waals surface area contributed by atoms with E-state index in [1.165, 1.54) is 0 Å². The molecular formula is C23H24ClN3O4. The van der Waals surface area contributed by atoms with Crippen molar-refractivity contribution >= 4 is 23.4 Å². The van der Waals surface area contributed by atoms with Gasteiger partial charge in [-0.05, 0) is 48.9 Å². The Morgan fingerprint density at radius 3 is 2.71 bits per heavy atom. The van der Waals surface area contributed by atoms with Crippen molar-refractivity contribution in [1.82, 2.24) is 10.3 Å². The van der Waals surface area contributed by atoms with E-state index in [0.29, 0.717) is 23.8 Å².